The molecule has 1 N–H and O–H groups in total. The van der Waals surface area contributed by atoms with E-state index in [9.17, 15) is 5.11 Å². The first-order valence-corrected chi connectivity index (χ1v) is 9.58. The number of aliphatic hydroxyl groups excluding tert-OH is 1. The maximum absolute atomic E-state index is 11.0. The highest BCUT2D eigenvalue weighted by Crippen LogP contribution is 2.31. The predicted molar refractivity (Wildman–Crippen MR) is 119 cm³/mol. The minimum absolute atomic E-state index is 0. The number of nitrogens with zero attached hydrogens (tertiary/aromatic N) is 2. The van der Waals surface area contributed by atoms with Gasteiger partial charge in [-0.2, -0.15) is 0 Å². The maximum atomic E-state index is 11.0. The van der Waals surface area contributed by atoms with Crippen molar-refractivity contribution < 1.29 is 9.84 Å². The van der Waals surface area contributed by atoms with Crippen LogP contribution >= 0.6 is 24.0 Å². The van der Waals surface area contributed by atoms with Crippen LogP contribution in [-0.2, 0) is 0 Å². The number of ether oxygens (including phenoxy) is 1. The van der Waals surface area contributed by atoms with Crippen LogP contribution in [0.25, 0.3) is 22.2 Å². The van der Waals surface area contributed by atoms with Gasteiger partial charge < -0.3 is 14.7 Å². The van der Waals surface area contributed by atoms with Crippen molar-refractivity contribution in [3.8, 4) is 17.0 Å². The number of hydrogen-bond acceptors (Lipinski definition) is 4. The van der Waals surface area contributed by atoms with Crippen LogP contribution in [-0.4, -0.2) is 41.7 Å². The summed E-state index contributed by atoms with van der Waals surface area (Å²) >= 11 is 6.02. The van der Waals surface area contributed by atoms with Crippen LogP contribution in [0, 0.1) is 0 Å². The number of aliphatic hydroxyl groups is 1. The number of benzene rings is 2. The molecule has 0 aliphatic heterocycles. The average molecular weight is 421 g/mol. The lowest BCUT2D eigenvalue weighted by molar-refractivity contribution is 0.120. The molecule has 0 spiro atoms. The van der Waals surface area contributed by atoms with Crippen LogP contribution in [0.4, 0.5) is 0 Å². The van der Waals surface area contributed by atoms with Gasteiger partial charge in [0.05, 0.1) is 24.4 Å². The molecule has 1 atom stereocenters. The molecule has 6 heteroatoms. The molecule has 3 rings (SSSR count). The Labute approximate surface area is 177 Å². The van der Waals surface area contributed by atoms with E-state index in [0.717, 1.165) is 46.6 Å². The number of methoxy groups -OCH3 is 1. The second kappa shape index (κ2) is 10.1. The van der Waals surface area contributed by atoms with E-state index in [4.69, 9.17) is 21.3 Å². The van der Waals surface area contributed by atoms with Crippen molar-refractivity contribution in [3.63, 3.8) is 0 Å². The minimum Gasteiger partial charge on any atom is -0.497 e. The van der Waals surface area contributed by atoms with Gasteiger partial charge in [0, 0.05) is 28.6 Å². The number of halogens is 2. The van der Waals surface area contributed by atoms with Crippen molar-refractivity contribution in [3.05, 3.63) is 59.1 Å². The average Bonchev–Trinajstić information content (AvgIpc) is 2.71. The second-order valence-corrected chi connectivity index (χ2v) is 6.92. The molecule has 150 valence electrons. The van der Waals surface area contributed by atoms with E-state index in [1.165, 1.54) is 0 Å². The summed E-state index contributed by atoms with van der Waals surface area (Å²) in [4.78, 5) is 7.01. The van der Waals surface area contributed by atoms with Crippen molar-refractivity contribution >= 4 is 34.9 Å². The summed E-state index contributed by atoms with van der Waals surface area (Å²) in [5.41, 5.74) is 3.44. The molecule has 1 aromatic heterocycles. The number of likely N-dealkylation sites (N-methyl/N-ethyl adjacent to an activating group) is 1. The molecule has 0 aliphatic rings. The quantitative estimate of drug-likeness (QED) is 0.558. The van der Waals surface area contributed by atoms with Crippen LogP contribution < -0.4 is 4.74 Å². The minimum atomic E-state index is -0.602. The molecule has 1 heterocycles. The lowest BCUT2D eigenvalue weighted by Crippen LogP contribution is -2.28. The Balaban J connectivity index is 0.00000280. The molecule has 1 unspecified atom stereocenters. The first-order valence-electron chi connectivity index (χ1n) is 9.20. The van der Waals surface area contributed by atoms with Crippen molar-refractivity contribution in [2.24, 2.45) is 0 Å². The summed E-state index contributed by atoms with van der Waals surface area (Å²) < 4.78 is 5.36. The maximum Gasteiger partial charge on any atom is 0.121 e. The van der Waals surface area contributed by atoms with Gasteiger partial charge in [0.1, 0.15) is 5.75 Å². The third kappa shape index (κ3) is 4.95. The largest absolute Gasteiger partial charge is 0.497 e. The zero-order chi connectivity index (χ0) is 19.4. The highest BCUT2D eigenvalue weighted by Gasteiger charge is 2.17. The molecule has 0 amide bonds. The van der Waals surface area contributed by atoms with E-state index in [2.05, 4.69) is 18.7 Å². The molecule has 0 fully saturated rings. The molecule has 0 radical (unpaired) electrons. The highest BCUT2D eigenvalue weighted by atomic mass is 35.5. The van der Waals surface area contributed by atoms with Gasteiger partial charge in [-0.1, -0.05) is 37.6 Å². The van der Waals surface area contributed by atoms with E-state index >= 15 is 0 Å². The Kier molecular flexibility index (Phi) is 8.08. The monoisotopic (exact) mass is 420 g/mol. The number of pyridine rings is 1. The Morgan fingerprint density at radius 1 is 1.07 bits per heavy atom. The predicted octanol–water partition coefficient (Wildman–Crippen LogP) is 5.36. The summed E-state index contributed by atoms with van der Waals surface area (Å²) in [5.74, 6) is 0.743. The Morgan fingerprint density at radius 3 is 2.36 bits per heavy atom. The third-order valence-corrected chi connectivity index (χ3v) is 5.13. The molecule has 28 heavy (non-hydrogen) atoms. The van der Waals surface area contributed by atoms with Crippen LogP contribution in [0.1, 0.15) is 25.5 Å². The first-order chi connectivity index (χ1) is 13.0. The van der Waals surface area contributed by atoms with Crippen molar-refractivity contribution in [2.75, 3.05) is 26.7 Å². The summed E-state index contributed by atoms with van der Waals surface area (Å²) in [7, 11) is 1.64. The van der Waals surface area contributed by atoms with Gasteiger partial charge in [-0.15, -0.1) is 12.4 Å². The summed E-state index contributed by atoms with van der Waals surface area (Å²) in [6, 6.07) is 15.3. The molecule has 0 bridgehead atoms. The number of fused-ring (bicyclic) bond motifs is 1. The molecular weight excluding hydrogens is 395 g/mol. The number of aromatic nitrogens is 1. The van der Waals surface area contributed by atoms with Crippen LogP contribution in [0.15, 0.2) is 48.5 Å². The summed E-state index contributed by atoms with van der Waals surface area (Å²) in [6.45, 7) is 6.58. The van der Waals surface area contributed by atoms with Gasteiger partial charge in [0.25, 0.3) is 0 Å². The molecule has 4 nitrogen and oxygen atoms in total. The van der Waals surface area contributed by atoms with E-state index in [-0.39, 0.29) is 12.4 Å². The number of rotatable bonds is 7. The van der Waals surface area contributed by atoms with E-state index in [0.29, 0.717) is 11.6 Å². The van der Waals surface area contributed by atoms with Gasteiger partial charge in [0.2, 0.25) is 0 Å². The molecule has 2 aromatic carbocycles. The van der Waals surface area contributed by atoms with Crippen molar-refractivity contribution in [1.29, 1.82) is 0 Å². The van der Waals surface area contributed by atoms with Gasteiger partial charge in [-0.3, -0.25) is 0 Å². The molecule has 0 aliphatic carbocycles. The topological polar surface area (TPSA) is 45.6 Å². The third-order valence-electron chi connectivity index (χ3n) is 4.87. The van der Waals surface area contributed by atoms with E-state index in [1.54, 1.807) is 7.11 Å². The van der Waals surface area contributed by atoms with Gasteiger partial charge >= 0.3 is 0 Å². The lowest BCUT2D eigenvalue weighted by atomic mass is 9.99. The second-order valence-electron chi connectivity index (χ2n) is 6.49. The molecule has 0 saturated carbocycles. The SMILES string of the molecule is CCN(CC)CC(O)c1cc(-c2ccc(Cl)cc2)nc2cc(OC)ccc12.Cl. The number of hydrogen-bond donors (Lipinski definition) is 1. The van der Waals surface area contributed by atoms with Gasteiger partial charge in [0.15, 0.2) is 0 Å². The summed E-state index contributed by atoms with van der Waals surface area (Å²) in [5, 5.41) is 12.6. The molecule has 0 saturated heterocycles. The fourth-order valence-corrected chi connectivity index (χ4v) is 3.36. The van der Waals surface area contributed by atoms with Crippen LogP contribution in [0.3, 0.4) is 0 Å². The molecule has 3 aromatic rings. The van der Waals surface area contributed by atoms with Crippen molar-refractivity contribution in [2.45, 2.75) is 20.0 Å². The Morgan fingerprint density at radius 2 is 1.75 bits per heavy atom. The first kappa shape index (κ1) is 22.4. The zero-order valence-electron chi connectivity index (χ0n) is 16.4. The molecular formula is C22H26Cl2N2O2. The highest BCUT2D eigenvalue weighted by molar-refractivity contribution is 6.30. The van der Waals surface area contributed by atoms with Crippen molar-refractivity contribution in [1.82, 2.24) is 9.88 Å². The van der Waals surface area contributed by atoms with E-state index < -0.39 is 6.10 Å². The zero-order valence-corrected chi connectivity index (χ0v) is 17.9. The van der Waals surface area contributed by atoms with E-state index in [1.807, 2.05) is 48.5 Å². The van der Waals surface area contributed by atoms with Crippen LogP contribution in [0.5, 0.6) is 5.75 Å². The fraction of sp³-hybridized carbons (Fsp3) is 0.318. The van der Waals surface area contributed by atoms with Crippen LogP contribution in [0.2, 0.25) is 5.02 Å². The summed E-state index contributed by atoms with van der Waals surface area (Å²) in [6.07, 6.45) is -0.602. The normalized spacial score (nSPS) is 12.1. The standard InChI is InChI=1S/C22H25ClN2O2.ClH/c1-4-25(5-2)14-22(26)19-13-20(15-6-8-16(23)9-7-15)24-21-12-17(27-3)10-11-18(19)21;/h6-13,22,26H,4-5,14H2,1-3H3;1H. The lowest BCUT2D eigenvalue weighted by Gasteiger charge is -2.23. The fourth-order valence-electron chi connectivity index (χ4n) is 3.23. The Bertz CT molecular complexity index is 912. The Hall–Kier alpha value is -1.85. The van der Waals surface area contributed by atoms with Gasteiger partial charge in [-0.05, 0) is 49.0 Å². The smallest absolute Gasteiger partial charge is 0.121 e. The van der Waals surface area contributed by atoms with Gasteiger partial charge in [-0.25, -0.2) is 4.98 Å².